The summed E-state index contributed by atoms with van der Waals surface area (Å²) in [6.07, 6.45) is 0.757. The highest BCUT2D eigenvalue weighted by molar-refractivity contribution is 8.00. The van der Waals surface area contributed by atoms with Crippen LogP contribution in [0.1, 0.15) is 16.5 Å². The van der Waals surface area contributed by atoms with Crippen LogP contribution in [0.2, 0.25) is 5.02 Å². The Morgan fingerprint density at radius 1 is 1.18 bits per heavy atom. The standard InChI is InChI=1S/C17H16ClNO2S/c18-15-4-2-1-3-14(15)17-19(16(21)11-22-17)10-9-12-5-7-13(20)8-6-12/h1-8,17,20H,9-11H2. The molecule has 1 saturated heterocycles. The van der Waals surface area contributed by atoms with Crippen LogP contribution in [-0.4, -0.2) is 28.2 Å². The Hall–Kier alpha value is -1.65. The van der Waals surface area contributed by atoms with E-state index in [0.29, 0.717) is 17.3 Å². The van der Waals surface area contributed by atoms with Crippen LogP contribution in [0.15, 0.2) is 48.5 Å². The summed E-state index contributed by atoms with van der Waals surface area (Å²) in [6, 6.07) is 14.8. The highest BCUT2D eigenvalue weighted by Gasteiger charge is 2.33. The van der Waals surface area contributed by atoms with Gasteiger partial charge >= 0.3 is 0 Å². The number of hydrogen-bond donors (Lipinski definition) is 1. The quantitative estimate of drug-likeness (QED) is 0.923. The first-order valence-electron chi connectivity index (χ1n) is 7.08. The first-order chi connectivity index (χ1) is 10.6. The Labute approximate surface area is 138 Å². The van der Waals surface area contributed by atoms with Gasteiger partial charge in [0.2, 0.25) is 5.91 Å². The minimum absolute atomic E-state index is 0.0154. The predicted octanol–water partition coefficient (Wildman–Crippen LogP) is 3.86. The molecule has 0 spiro atoms. The maximum atomic E-state index is 12.2. The van der Waals surface area contributed by atoms with Crippen molar-refractivity contribution < 1.29 is 9.90 Å². The normalized spacial score (nSPS) is 18.0. The van der Waals surface area contributed by atoms with Crippen molar-refractivity contribution in [3.63, 3.8) is 0 Å². The molecule has 1 amide bonds. The summed E-state index contributed by atoms with van der Waals surface area (Å²) in [5.74, 6) is 0.894. The molecule has 2 aromatic carbocycles. The number of amides is 1. The molecule has 0 aromatic heterocycles. The van der Waals surface area contributed by atoms with Crippen LogP contribution in [0.3, 0.4) is 0 Å². The number of carbonyl (C=O) groups excluding carboxylic acids is 1. The number of aromatic hydroxyl groups is 1. The van der Waals surface area contributed by atoms with E-state index in [1.807, 2.05) is 41.3 Å². The van der Waals surface area contributed by atoms with Crippen LogP contribution in [-0.2, 0) is 11.2 Å². The fourth-order valence-electron chi connectivity index (χ4n) is 2.54. The van der Waals surface area contributed by atoms with Crippen molar-refractivity contribution in [3.05, 3.63) is 64.7 Å². The third-order valence-corrected chi connectivity index (χ3v) is 5.30. The molecule has 5 heteroatoms. The molecule has 0 saturated carbocycles. The number of halogens is 1. The average molecular weight is 334 g/mol. The van der Waals surface area contributed by atoms with Crippen LogP contribution >= 0.6 is 23.4 Å². The fourth-order valence-corrected chi connectivity index (χ4v) is 4.10. The second kappa shape index (κ2) is 6.63. The van der Waals surface area contributed by atoms with E-state index in [1.54, 1.807) is 23.9 Å². The van der Waals surface area contributed by atoms with E-state index < -0.39 is 0 Å². The van der Waals surface area contributed by atoms with Crippen molar-refractivity contribution >= 4 is 29.3 Å². The second-order valence-electron chi connectivity index (χ2n) is 5.19. The van der Waals surface area contributed by atoms with Gasteiger partial charge in [-0.2, -0.15) is 0 Å². The van der Waals surface area contributed by atoms with Crippen molar-refractivity contribution in [2.75, 3.05) is 12.3 Å². The fraction of sp³-hybridized carbons (Fsp3) is 0.235. The number of carbonyl (C=O) groups is 1. The van der Waals surface area contributed by atoms with Gasteiger partial charge in [0.05, 0.1) is 5.75 Å². The summed E-state index contributed by atoms with van der Waals surface area (Å²) in [7, 11) is 0. The number of nitrogens with zero attached hydrogens (tertiary/aromatic N) is 1. The maximum absolute atomic E-state index is 12.2. The monoisotopic (exact) mass is 333 g/mol. The molecule has 1 atom stereocenters. The van der Waals surface area contributed by atoms with Crippen LogP contribution in [0.25, 0.3) is 0 Å². The molecule has 1 fully saturated rings. The molecular weight excluding hydrogens is 318 g/mol. The van der Waals surface area contributed by atoms with Crippen molar-refractivity contribution in [2.45, 2.75) is 11.8 Å². The minimum Gasteiger partial charge on any atom is -0.508 e. The molecule has 0 bridgehead atoms. The molecule has 0 aliphatic carbocycles. The Kier molecular flexibility index (Phi) is 4.60. The highest BCUT2D eigenvalue weighted by atomic mass is 35.5. The van der Waals surface area contributed by atoms with E-state index in [0.717, 1.165) is 17.5 Å². The van der Waals surface area contributed by atoms with Gasteiger partial charge in [-0.05, 0) is 30.2 Å². The number of benzene rings is 2. The highest BCUT2D eigenvalue weighted by Crippen LogP contribution is 2.41. The predicted molar refractivity (Wildman–Crippen MR) is 90.2 cm³/mol. The van der Waals surface area contributed by atoms with Crippen molar-refractivity contribution in [2.24, 2.45) is 0 Å². The largest absolute Gasteiger partial charge is 0.508 e. The first kappa shape index (κ1) is 15.3. The molecule has 3 nitrogen and oxygen atoms in total. The van der Waals surface area contributed by atoms with E-state index in [-0.39, 0.29) is 17.0 Å². The third kappa shape index (κ3) is 3.23. The van der Waals surface area contributed by atoms with Gasteiger partial charge in [-0.3, -0.25) is 4.79 Å². The number of phenols is 1. The zero-order valence-electron chi connectivity index (χ0n) is 11.9. The van der Waals surface area contributed by atoms with Crippen LogP contribution in [0, 0.1) is 0 Å². The van der Waals surface area contributed by atoms with Crippen molar-refractivity contribution in [1.82, 2.24) is 4.90 Å². The summed E-state index contributed by atoms with van der Waals surface area (Å²) in [6.45, 7) is 0.645. The Balaban J connectivity index is 1.74. The van der Waals surface area contributed by atoms with Crippen LogP contribution < -0.4 is 0 Å². The molecule has 1 aliphatic heterocycles. The Morgan fingerprint density at radius 3 is 2.64 bits per heavy atom. The summed E-state index contributed by atoms with van der Waals surface area (Å²) in [4.78, 5) is 14.1. The van der Waals surface area contributed by atoms with E-state index in [2.05, 4.69) is 0 Å². The van der Waals surface area contributed by atoms with Crippen LogP contribution in [0.4, 0.5) is 0 Å². The van der Waals surface area contributed by atoms with Gasteiger partial charge in [-0.1, -0.05) is 41.9 Å². The van der Waals surface area contributed by atoms with Gasteiger partial charge in [0, 0.05) is 17.1 Å². The van der Waals surface area contributed by atoms with Crippen molar-refractivity contribution in [1.29, 1.82) is 0 Å². The average Bonchev–Trinajstić information content (AvgIpc) is 2.88. The molecule has 1 N–H and O–H groups in total. The summed E-state index contributed by atoms with van der Waals surface area (Å²) in [5.41, 5.74) is 2.09. The molecule has 114 valence electrons. The summed E-state index contributed by atoms with van der Waals surface area (Å²) in [5, 5.41) is 10.0. The zero-order chi connectivity index (χ0) is 15.5. The molecule has 1 aliphatic rings. The number of rotatable bonds is 4. The molecule has 3 rings (SSSR count). The van der Waals surface area contributed by atoms with Gasteiger partial charge in [-0.15, -0.1) is 11.8 Å². The Morgan fingerprint density at radius 2 is 1.91 bits per heavy atom. The van der Waals surface area contributed by atoms with Gasteiger partial charge in [-0.25, -0.2) is 0 Å². The lowest BCUT2D eigenvalue weighted by Gasteiger charge is -2.25. The molecule has 1 unspecified atom stereocenters. The summed E-state index contributed by atoms with van der Waals surface area (Å²) < 4.78 is 0. The second-order valence-corrected chi connectivity index (χ2v) is 6.66. The maximum Gasteiger partial charge on any atom is 0.233 e. The molecule has 0 radical (unpaired) electrons. The Bertz CT molecular complexity index is 675. The molecular formula is C17H16ClNO2S. The topological polar surface area (TPSA) is 40.5 Å². The van der Waals surface area contributed by atoms with Crippen LogP contribution in [0.5, 0.6) is 5.75 Å². The minimum atomic E-state index is -0.0154. The third-order valence-electron chi connectivity index (χ3n) is 3.72. The van der Waals surface area contributed by atoms with Gasteiger partial charge < -0.3 is 10.0 Å². The lowest BCUT2D eigenvalue weighted by molar-refractivity contribution is -0.128. The van der Waals surface area contributed by atoms with E-state index in [4.69, 9.17) is 11.6 Å². The smallest absolute Gasteiger partial charge is 0.233 e. The van der Waals surface area contributed by atoms with E-state index in [1.165, 1.54) is 0 Å². The number of thioether (sulfide) groups is 1. The van der Waals surface area contributed by atoms with Gasteiger partial charge in [0.25, 0.3) is 0 Å². The molecule has 22 heavy (non-hydrogen) atoms. The molecule has 1 heterocycles. The first-order valence-corrected chi connectivity index (χ1v) is 8.51. The van der Waals surface area contributed by atoms with Crippen molar-refractivity contribution in [3.8, 4) is 5.75 Å². The number of phenolic OH excluding ortho intramolecular Hbond substituents is 1. The number of hydrogen-bond acceptors (Lipinski definition) is 3. The lowest BCUT2D eigenvalue weighted by Crippen LogP contribution is -2.30. The summed E-state index contributed by atoms with van der Waals surface area (Å²) >= 11 is 7.89. The zero-order valence-corrected chi connectivity index (χ0v) is 13.5. The van der Waals surface area contributed by atoms with Gasteiger partial charge in [0.15, 0.2) is 0 Å². The van der Waals surface area contributed by atoms with Gasteiger partial charge in [0.1, 0.15) is 11.1 Å². The SMILES string of the molecule is O=C1CSC(c2ccccc2Cl)N1CCc1ccc(O)cc1. The molecule has 2 aromatic rings. The van der Waals surface area contributed by atoms with E-state index >= 15 is 0 Å². The van der Waals surface area contributed by atoms with E-state index in [9.17, 15) is 9.90 Å². The lowest BCUT2D eigenvalue weighted by atomic mass is 10.1.